The zero-order valence-corrected chi connectivity index (χ0v) is 21.4. The minimum atomic E-state index is -0.543. The molecular formula is C27H27FN10O. The van der Waals surface area contributed by atoms with E-state index < -0.39 is 5.82 Å². The van der Waals surface area contributed by atoms with Gasteiger partial charge in [-0.3, -0.25) is 24.8 Å². The van der Waals surface area contributed by atoms with E-state index in [2.05, 4.69) is 52.3 Å². The molecule has 3 N–H and O–H groups in total. The fourth-order valence-electron chi connectivity index (χ4n) is 5.21. The average molecular weight is 527 g/mol. The molecule has 39 heavy (non-hydrogen) atoms. The lowest BCUT2D eigenvalue weighted by Crippen LogP contribution is -2.44. The number of H-pyrrole nitrogens is 2. The Hall–Kier alpha value is -4.45. The lowest BCUT2D eigenvalue weighted by atomic mass is 9.85. The van der Waals surface area contributed by atoms with Gasteiger partial charge in [-0.05, 0) is 26.0 Å². The second kappa shape index (κ2) is 9.38. The SMILES string of the molecule is CN1CCN(c2cncc3[nH]c(-c4n[nH]c5cnc(-c6cncc(NC(=O)C7CCC7)c6)c(F)c45)nc23)CC1. The molecule has 0 radical (unpaired) electrons. The maximum absolute atomic E-state index is 16.1. The fraction of sp³-hybridized carbons (Fsp3) is 0.333. The molecule has 0 bridgehead atoms. The molecule has 1 saturated carbocycles. The van der Waals surface area contributed by atoms with E-state index in [4.69, 9.17) is 4.98 Å². The van der Waals surface area contributed by atoms with Crippen LogP contribution in [0, 0.1) is 11.7 Å². The van der Waals surface area contributed by atoms with E-state index in [0.29, 0.717) is 28.3 Å². The van der Waals surface area contributed by atoms with Crippen molar-refractivity contribution in [3.63, 3.8) is 0 Å². The molecule has 12 heteroatoms. The van der Waals surface area contributed by atoms with Crippen molar-refractivity contribution < 1.29 is 9.18 Å². The Morgan fingerprint density at radius 1 is 1.03 bits per heavy atom. The molecule has 0 spiro atoms. The Kier molecular flexibility index (Phi) is 5.69. The Morgan fingerprint density at radius 3 is 2.64 bits per heavy atom. The van der Waals surface area contributed by atoms with Crippen molar-refractivity contribution in [1.82, 2.24) is 40.0 Å². The number of halogens is 1. The maximum Gasteiger partial charge on any atom is 0.227 e. The number of rotatable bonds is 5. The van der Waals surface area contributed by atoms with Crippen molar-refractivity contribution in [3.8, 4) is 22.8 Å². The summed E-state index contributed by atoms with van der Waals surface area (Å²) < 4.78 is 16.1. The predicted molar refractivity (Wildman–Crippen MR) is 146 cm³/mol. The molecule has 1 aliphatic carbocycles. The highest BCUT2D eigenvalue weighted by atomic mass is 19.1. The van der Waals surface area contributed by atoms with Crippen LogP contribution in [0.25, 0.3) is 44.7 Å². The molecule has 6 heterocycles. The highest BCUT2D eigenvalue weighted by Gasteiger charge is 2.26. The van der Waals surface area contributed by atoms with E-state index in [1.165, 1.54) is 6.20 Å². The molecule has 5 aromatic heterocycles. The molecule has 0 unspecified atom stereocenters. The Balaban J connectivity index is 1.26. The minimum absolute atomic E-state index is 0.0310. The summed E-state index contributed by atoms with van der Waals surface area (Å²) >= 11 is 0. The Bertz CT molecular complexity index is 1700. The molecule has 11 nitrogen and oxygen atoms in total. The number of nitrogens with one attached hydrogen (secondary N) is 3. The van der Waals surface area contributed by atoms with Crippen molar-refractivity contribution in [3.05, 3.63) is 42.9 Å². The number of hydrogen-bond donors (Lipinski definition) is 3. The average Bonchev–Trinajstić information content (AvgIpc) is 3.53. The largest absolute Gasteiger partial charge is 0.366 e. The zero-order chi connectivity index (χ0) is 26.5. The van der Waals surface area contributed by atoms with Crippen molar-refractivity contribution in [1.29, 1.82) is 0 Å². The van der Waals surface area contributed by atoms with Crippen LogP contribution in [0.5, 0.6) is 0 Å². The van der Waals surface area contributed by atoms with Gasteiger partial charge in [-0.2, -0.15) is 5.10 Å². The van der Waals surface area contributed by atoms with Crippen LogP contribution in [-0.4, -0.2) is 79.2 Å². The van der Waals surface area contributed by atoms with Gasteiger partial charge >= 0.3 is 0 Å². The van der Waals surface area contributed by atoms with Gasteiger partial charge < -0.3 is 20.1 Å². The van der Waals surface area contributed by atoms with E-state index >= 15 is 4.39 Å². The number of amides is 1. The van der Waals surface area contributed by atoms with E-state index in [1.54, 1.807) is 24.7 Å². The van der Waals surface area contributed by atoms with Gasteiger partial charge in [0.2, 0.25) is 5.91 Å². The summed E-state index contributed by atoms with van der Waals surface area (Å²) in [5, 5.41) is 10.4. The summed E-state index contributed by atoms with van der Waals surface area (Å²) in [6, 6.07) is 1.69. The van der Waals surface area contributed by atoms with Crippen molar-refractivity contribution in [2.45, 2.75) is 19.3 Å². The summed E-state index contributed by atoms with van der Waals surface area (Å²) in [6.45, 7) is 3.67. The number of nitrogens with zero attached hydrogens (tertiary/aromatic N) is 7. The zero-order valence-electron chi connectivity index (χ0n) is 21.4. The van der Waals surface area contributed by atoms with Crippen LogP contribution in [-0.2, 0) is 4.79 Å². The fourth-order valence-corrected chi connectivity index (χ4v) is 5.21. The molecule has 198 valence electrons. The third-order valence-corrected chi connectivity index (χ3v) is 7.74. The first kappa shape index (κ1) is 23.7. The number of aromatic amines is 2. The molecule has 2 fully saturated rings. The standard InChI is InChI=1S/C27H27FN10O/c1-37-5-7-38(8-6-37)20-14-30-12-19-24(20)34-26(33-19)25-21-18(35-36-25)13-31-23(22(21)28)16-9-17(11-29-10-16)32-27(39)15-3-2-4-15/h9-15H,2-8H2,1H3,(H,32,39)(H,33,34)(H,35,36). The van der Waals surface area contributed by atoms with E-state index in [1.807, 2.05) is 6.20 Å². The van der Waals surface area contributed by atoms with Gasteiger partial charge in [-0.1, -0.05) is 6.42 Å². The smallest absolute Gasteiger partial charge is 0.227 e. The van der Waals surface area contributed by atoms with Gasteiger partial charge in [0.25, 0.3) is 0 Å². The van der Waals surface area contributed by atoms with Crippen molar-refractivity contribution in [2.75, 3.05) is 43.4 Å². The third kappa shape index (κ3) is 4.16. The monoisotopic (exact) mass is 526 g/mol. The van der Waals surface area contributed by atoms with Crippen LogP contribution in [0.1, 0.15) is 19.3 Å². The first-order valence-corrected chi connectivity index (χ1v) is 13.1. The normalized spacial score (nSPS) is 16.6. The summed E-state index contributed by atoms with van der Waals surface area (Å²) in [4.78, 5) is 38.0. The van der Waals surface area contributed by atoms with Gasteiger partial charge in [-0.25, -0.2) is 9.37 Å². The van der Waals surface area contributed by atoms with Gasteiger partial charge in [-0.15, -0.1) is 0 Å². The van der Waals surface area contributed by atoms with E-state index in [0.717, 1.165) is 62.2 Å². The summed E-state index contributed by atoms with van der Waals surface area (Å²) in [6.07, 6.45) is 11.0. The molecule has 0 atom stereocenters. The van der Waals surface area contributed by atoms with Gasteiger partial charge in [0, 0.05) is 43.9 Å². The molecule has 2 aliphatic rings. The van der Waals surface area contributed by atoms with Gasteiger partial charge in [0.05, 0.1) is 52.6 Å². The number of imidazole rings is 1. The molecular weight excluding hydrogens is 499 g/mol. The molecule has 1 saturated heterocycles. The lowest BCUT2D eigenvalue weighted by molar-refractivity contribution is -0.122. The molecule has 1 aliphatic heterocycles. The third-order valence-electron chi connectivity index (χ3n) is 7.74. The number of piperazine rings is 1. The second-order valence-corrected chi connectivity index (χ2v) is 10.3. The highest BCUT2D eigenvalue weighted by Crippen LogP contribution is 2.34. The number of hydrogen-bond acceptors (Lipinski definition) is 8. The number of pyridine rings is 3. The Morgan fingerprint density at radius 2 is 1.85 bits per heavy atom. The van der Waals surface area contributed by atoms with Crippen LogP contribution in [0.2, 0.25) is 0 Å². The first-order chi connectivity index (χ1) is 19.0. The molecule has 0 aromatic carbocycles. The summed E-state index contributed by atoms with van der Waals surface area (Å²) in [5.74, 6) is -0.102. The predicted octanol–water partition coefficient (Wildman–Crippen LogP) is 3.59. The summed E-state index contributed by atoms with van der Waals surface area (Å²) in [5.41, 5.74) is 4.37. The van der Waals surface area contributed by atoms with Crippen LogP contribution >= 0.6 is 0 Å². The first-order valence-electron chi connectivity index (χ1n) is 13.1. The maximum atomic E-state index is 16.1. The van der Waals surface area contributed by atoms with E-state index in [9.17, 15) is 4.79 Å². The van der Waals surface area contributed by atoms with Gasteiger partial charge in [0.15, 0.2) is 11.6 Å². The summed E-state index contributed by atoms with van der Waals surface area (Å²) in [7, 11) is 2.11. The molecule has 1 amide bonds. The molecule has 5 aromatic rings. The van der Waals surface area contributed by atoms with Crippen LogP contribution < -0.4 is 10.2 Å². The number of carbonyl (C=O) groups is 1. The number of fused-ring (bicyclic) bond motifs is 2. The number of aromatic nitrogens is 7. The van der Waals surface area contributed by atoms with Gasteiger partial charge in [0.1, 0.15) is 16.9 Å². The number of anilines is 2. The van der Waals surface area contributed by atoms with Crippen LogP contribution in [0.15, 0.2) is 37.1 Å². The minimum Gasteiger partial charge on any atom is -0.366 e. The Labute approximate surface area is 222 Å². The van der Waals surface area contributed by atoms with Crippen molar-refractivity contribution in [2.24, 2.45) is 5.92 Å². The van der Waals surface area contributed by atoms with Crippen LogP contribution in [0.4, 0.5) is 15.8 Å². The van der Waals surface area contributed by atoms with Crippen molar-refractivity contribution >= 4 is 39.2 Å². The second-order valence-electron chi connectivity index (χ2n) is 10.3. The van der Waals surface area contributed by atoms with E-state index in [-0.39, 0.29) is 22.9 Å². The lowest BCUT2D eigenvalue weighted by Gasteiger charge is -2.33. The number of likely N-dealkylation sites (N-methyl/N-ethyl adjacent to an activating group) is 1. The number of carbonyl (C=O) groups excluding carboxylic acids is 1. The van der Waals surface area contributed by atoms with Crippen LogP contribution in [0.3, 0.4) is 0 Å². The highest BCUT2D eigenvalue weighted by molar-refractivity contribution is 5.97. The quantitative estimate of drug-likeness (QED) is 0.317. The molecule has 7 rings (SSSR count). The topological polar surface area (TPSA) is 132 Å².